The van der Waals surface area contributed by atoms with Gasteiger partial charge in [0.15, 0.2) is 0 Å². The maximum Gasteiger partial charge on any atom is 0.409 e. The number of para-hydroxylation sites is 1. The van der Waals surface area contributed by atoms with Crippen LogP contribution < -0.4 is 4.90 Å². The Morgan fingerprint density at radius 2 is 2.04 bits per heavy atom. The highest BCUT2D eigenvalue weighted by atomic mass is 32.1. The van der Waals surface area contributed by atoms with Gasteiger partial charge in [0.2, 0.25) is 0 Å². The van der Waals surface area contributed by atoms with E-state index in [1.807, 2.05) is 52.7 Å². The van der Waals surface area contributed by atoms with Crippen molar-refractivity contribution in [2.24, 2.45) is 5.92 Å². The predicted octanol–water partition coefficient (Wildman–Crippen LogP) is 5.04. The minimum atomic E-state index is -0.228. The molecule has 0 aliphatic carbocycles. The van der Waals surface area contributed by atoms with Crippen molar-refractivity contribution in [3.05, 3.63) is 52.7 Å². The maximum absolute atomic E-state index is 13.1. The van der Waals surface area contributed by atoms with Crippen molar-refractivity contribution in [3.63, 3.8) is 0 Å². The van der Waals surface area contributed by atoms with Gasteiger partial charge >= 0.3 is 6.09 Å². The van der Waals surface area contributed by atoms with Crippen LogP contribution in [0.3, 0.4) is 0 Å². The Morgan fingerprint density at radius 1 is 1.21 bits per heavy atom. The first-order valence-electron chi connectivity index (χ1n) is 10.0. The molecule has 0 bridgehead atoms. The van der Waals surface area contributed by atoms with E-state index >= 15 is 0 Å². The van der Waals surface area contributed by atoms with E-state index in [1.54, 1.807) is 4.90 Å². The first-order valence-corrected chi connectivity index (χ1v) is 10.9. The van der Waals surface area contributed by atoms with E-state index in [2.05, 4.69) is 6.92 Å². The summed E-state index contributed by atoms with van der Waals surface area (Å²) in [4.78, 5) is 29.8. The molecule has 1 aromatic carbocycles. The van der Waals surface area contributed by atoms with Gasteiger partial charge in [-0.25, -0.2) is 4.79 Å². The third-order valence-electron chi connectivity index (χ3n) is 4.99. The van der Waals surface area contributed by atoms with Gasteiger partial charge in [-0.1, -0.05) is 37.6 Å². The van der Waals surface area contributed by atoms with E-state index in [-0.39, 0.29) is 17.9 Å². The smallest absolute Gasteiger partial charge is 0.409 e. The molecule has 1 fully saturated rings. The Morgan fingerprint density at radius 3 is 2.75 bits per heavy atom. The summed E-state index contributed by atoms with van der Waals surface area (Å²) in [6, 6.07) is 13.5. The van der Waals surface area contributed by atoms with Crippen LogP contribution in [0, 0.1) is 5.92 Å². The molecular formula is C22H28N2O3S. The van der Waals surface area contributed by atoms with Crippen LogP contribution >= 0.6 is 11.3 Å². The van der Waals surface area contributed by atoms with Crippen LogP contribution in [0.15, 0.2) is 47.8 Å². The number of piperidine rings is 1. The molecule has 6 heteroatoms. The summed E-state index contributed by atoms with van der Waals surface area (Å²) in [6.45, 7) is 4.51. The highest BCUT2D eigenvalue weighted by molar-refractivity contribution is 7.12. The lowest BCUT2D eigenvalue weighted by Gasteiger charge is -2.35. The number of nitrogens with zero attached hydrogens (tertiary/aromatic N) is 2. The number of hydrogen-bond donors (Lipinski definition) is 0. The zero-order chi connectivity index (χ0) is 19.8. The molecule has 1 saturated heterocycles. The number of anilines is 1. The van der Waals surface area contributed by atoms with Crippen LogP contribution in [0.2, 0.25) is 0 Å². The summed E-state index contributed by atoms with van der Waals surface area (Å²) in [7, 11) is 0. The van der Waals surface area contributed by atoms with Crippen molar-refractivity contribution in [3.8, 4) is 0 Å². The van der Waals surface area contributed by atoms with Crippen LogP contribution in [0.5, 0.6) is 0 Å². The van der Waals surface area contributed by atoms with Crippen LogP contribution in [0.4, 0.5) is 10.5 Å². The number of likely N-dealkylation sites (tertiary alicyclic amines) is 1. The van der Waals surface area contributed by atoms with E-state index in [4.69, 9.17) is 4.74 Å². The van der Waals surface area contributed by atoms with Crippen molar-refractivity contribution in [1.82, 2.24) is 4.90 Å². The van der Waals surface area contributed by atoms with Gasteiger partial charge in [-0.05, 0) is 48.8 Å². The second-order valence-corrected chi connectivity index (χ2v) is 8.10. The fourth-order valence-electron chi connectivity index (χ4n) is 3.48. The third-order valence-corrected chi connectivity index (χ3v) is 5.84. The summed E-state index contributed by atoms with van der Waals surface area (Å²) >= 11 is 1.46. The summed E-state index contributed by atoms with van der Waals surface area (Å²) in [6.07, 6.45) is 3.60. The lowest BCUT2D eigenvalue weighted by molar-refractivity contribution is 0.0831. The average molecular weight is 401 g/mol. The summed E-state index contributed by atoms with van der Waals surface area (Å²) < 4.78 is 5.37. The number of rotatable bonds is 7. The Labute approximate surface area is 170 Å². The average Bonchev–Trinajstić information content (AvgIpc) is 3.27. The molecule has 0 saturated carbocycles. The van der Waals surface area contributed by atoms with E-state index in [9.17, 15) is 9.59 Å². The van der Waals surface area contributed by atoms with Crippen LogP contribution in [0.25, 0.3) is 0 Å². The summed E-state index contributed by atoms with van der Waals surface area (Å²) in [5.74, 6) is 0.250. The number of benzene rings is 1. The second-order valence-electron chi connectivity index (χ2n) is 7.15. The van der Waals surface area contributed by atoms with E-state index in [1.165, 1.54) is 11.3 Å². The van der Waals surface area contributed by atoms with Gasteiger partial charge in [-0.3, -0.25) is 4.79 Å². The fraction of sp³-hybridized carbons (Fsp3) is 0.455. The number of hydrogen-bond acceptors (Lipinski definition) is 4. The fourth-order valence-corrected chi connectivity index (χ4v) is 4.15. The predicted molar refractivity (Wildman–Crippen MR) is 113 cm³/mol. The van der Waals surface area contributed by atoms with Gasteiger partial charge in [0.25, 0.3) is 5.91 Å². The number of thiophene rings is 1. The molecule has 0 spiro atoms. The monoisotopic (exact) mass is 400 g/mol. The number of ether oxygens (including phenoxy) is 1. The number of carbonyl (C=O) groups excluding carboxylic acids is 2. The number of amides is 2. The first kappa shape index (κ1) is 20.4. The lowest BCUT2D eigenvalue weighted by atomic mass is 9.97. The normalized spacial score (nSPS) is 16.6. The van der Waals surface area contributed by atoms with E-state index in [0.29, 0.717) is 19.7 Å². The van der Waals surface area contributed by atoms with Crippen LogP contribution in [-0.2, 0) is 4.74 Å². The van der Waals surface area contributed by atoms with Crippen molar-refractivity contribution < 1.29 is 14.3 Å². The van der Waals surface area contributed by atoms with E-state index in [0.717, 1.165) is 42.8 Å². The molecule has 2 aromatic rings. The summed E-state index contributed by atoms with van der Waals surface area (Å²) in [5.41, 5.74) is 0.892. The Hall–Kier alpha value is -2.34. The Balaban J connectivity index is 1.68. The second kappa shape index (κ2) is 10.3. The molecule has 1 aliphatic heterocycles. The lowest BCUT2D eigenvalue weighted by Crippen LogP contribution is -2.45. The van der Waals surface area contributed by atoms with Gasteiger partial charge in [0.05, 0.1) is 11.5 Å². The van der Waals surface area contributed by atoms with Crippen molar-refractivity contribution in [1.29, 1.82) is 0 Å². The third kappa shape index (κ3) is 5.35. The van der Waals surface area contributed by atoms with Crippen LogP contribution in [-0.4, -0.2) is 43.1 Å². The number of unbranched alkanes of at least 4 members (excludes halogenated alkanes) is 1. The molecular weight excluding hydrogens is 372 g/mol. The molecule has 1 unspecified atom stereocenters. The molecule has 2 heterocycles. The number of carbonyl (C=O) groups is 2. The highest BCUT2D eigenvalue weighted by Crippen LogP contribution is 2.25. The van der Waals surface area contributed by atoms with Crippen LogP contribution in [0.1, 0.15) is 42.3 Å². The summed E-state index contributed by atoms with van der Waals surface area (Å²) in [5, 5.41) is 1.92. The largest absolute Gasteiger partial charge is 0.449 e. The molecule has 0 N–H and O–H groups in total. The molecule has 0 radical (unpaired) electrons. The van der Waals surface area contributed by atoms with Gasteiger partial charge in [0.1, 0.15) is 0 Å². The zero-order valence-corrected chi connectivity index (χ0v) is 17.2. The van der Waals surface area contributed by atoms with E-state index < -0.39 is 0 Å². The quantitative estimate of drug-likeness (QED) is 0.612. The first-order chi connectivity index (χ1) is 13.7. The molecule has 150 valence electrons. The molecule has 2 amide bonds. The van der Waals surface area contributed by atoms with Crippen molar-refractivity contribution >= 4 is 29.0 Å². The zero-order valence-electron chi connectivity index (χ0n) is 16.4. The molecule has 28 heavy (non-hydrogen) atoms. The maximum atomic E-state index is 13.1. The van der Waals surface area contributed by atoms with Gasteiger partial charge < -0.3 is 14.5 Å². The molecule has 5 nitrogen and oxygen atoms in total. The minimum absolute atomic E-state index is 0.0174. The molecule has 1 aromatic heterocycles. The topological polar surface area (TPSA) is 49.9 Å². The molecule has 3 rings (SSSR count). The minimum Gasteiger partial charge on any atom is -0.449 e. The SMILES string of the molecule is CCCCOC(=O)N1CCCC(CN(C(=O)c2cccs2)c2ccccc2)C1. The van der Waals surface area contributed by atoms with Gasteiger partial charge in [-0.15, -0.1) is 11.3 Å². The highest BCUT2D eigenvalue weighted by Gasteiger charge is 2.28. The van der Waals surface area contributed by atoms with Crippen molar-refractivity contribution in [2.45, 2.75) is 32.6 Å². The van der Waals surface area contributed by atoms with Gasteiger partial charge in [0, 0.05) is 25.3 Å². The standard InChI is InChI=1S/C22H28N2O3S/c1-2-3-14-27-22(26)23-13-7-9-18(16-23)17-24(19-10-5-4-6-11-19)21(25)20-12-8-15-28-20/h4-6,8,10-12,15,18H,2-3,7,9,13-14,16-17H2,1H3. The van der Waals surface area contributed by atoms with Gasteiger partial charge in [-0.2, -0.15) is 0 Å². The van der Waals surface area contributed by atoms with Crippen molar-refractivity contribution in [2.75, 3.05) is 31.1 Å². The molecule has 1 atom stereocenters. The molecule has 1 aliphatic rings. The Bertz CT molecular complexity index is 748. The Kier molecular flexibility index (Phi) is 7.48.